The Bertz CT molecular complexity index is 204. The third-order valence-electron chi connectivity index (χ3n) is 2.47. The molecule has 0 spiro atoms. The number of nitrogens with two attached hydrogens (primary N) is 1. The Hall–Kier alpha value is -0.120. The first-order chi connectivity index (χ1) is 6.97. The lowest BCUT2D eigenvalue weighted by Crippen LogP contribution is -2.34. The molecule has 0 aromatic heterocycles. The van der Waals surface area contributed by atoms with E-state index in [-0.39, 0.29) is 16.6 Å². The van der Waals surface area contributed by atoms with Crippen molar-refractivity contribution < 1.29 is 9.57 Å². The molecule has 2 N–H and O–H groups in total. The van der Waals surface area contributed by atoms with Gasteiger partial charge in [0.05, 0.1) is 17.8 Å². The van der Waals surface area contributed by atoms with Crippen molar-refractivity contribution in [1.29, 1.82) is 0 Å². The van der Waals surface area contributed by atoms with E-state index < -0.39 is 0 Å². The lowest BCUT2D eigenvalue weighted by Gasteiger charge is -2.33. The highest BCUT2D eigenvalue weighted by atomic mass is 16.6. The van der Waals surface area contributed by atoms with E-state index in [1.54, 1.807) is 0 Å². The quantitative estimate of drug-likeness (QED) is 0.713. The molecule has 0 atom stereocenters. The first kappa shape index (κ1) is 15.9. The molecule has 0 heterocycles. The van der Waals surface area contributed by atoms with Crippen LogP contribution in [-0.4, -0.2) is 17.8 Å². The Morgan fingerprint density at radius 1 is 0.875 bits per heavy atom. The topological polar surface area (TPSA) is 44.5 Å². The minimum Gasteiger partial charge on any atom is -0.375 e. The zero-order valence-electron chi connectivity index (χ0n) is 12.0. The molecule has 0 aliphatic carbocycles. The molecule has 0 aliphatic heterocycles. The van der Waals surface area contributed by atoms with Crippen LogP contribution in [0.25, 0.3) is 0 Å². The van der Waals surface area contributed by atoms with Crippen LogP contribution < -0.4 is 5.90 Å². The van der Waals surface area contributed by atoms with Crippen LogP contribution in [-0.2, 0) is 9.57 Å². The van der Waals surface area contributed by atoms with Gasteiger partial charge in [0.1, 0.15) is 0 Å². The third-order valence-corrected chi connectivity index (χ3v) is 2.47. The first-order valence-corrected chi connectivity index (χ1v) is 5.99. The monoisotopic (exact) mass is 231 g/mol. The average Bonchev–Trinajstić information content (AvgIpc) is 1.98. The molecule has 0 bridgehead atoms. The van der Waals surface area contributed by atoms with E-state index >= 15 is 0 Å². The van der Waals surface area contributed by atoms with Gasteiger partial charge in [-0.15, -0.1) is 0 Å². The third kappa shape index (κ3) is 8.08. The van der Waals surface area contributed by atoms with Gasteiger partial charge in [0.25, 0.3) is 0 Å². The van der Waals surface area contributed by atoms with Gasteiger partial charge in [0.15, 0.2) is 0 Å². The van der Waals surface area contributed by atoms with Crippen LogP contribution in [0.3, 0.4) is 0 Å². The summed E-state index contributed by atoms with van der Waals surface area (Å²) in [4.78, 5) is 4.87. The molecule has 0 rings (SSSR count). The fourth-order valence-corrected chi connectivity index (χ4v) is 1.96. The van der Waals surface area contributed by atoms with Crippen molar-refractivity contribution in [2.75, 3.05) is 6.61 Å². The Balaban J connectivity index is 4.01. The van der Waals surface area contributed by atoms with Crippen LogP contribution in [0.15, 0.2) is 0 Å². The molecular formula is C13H29NO2. The van der Waals surface area contributed by atoms with Crippen molar-refractivity contribution in [3.8, 4) is 0 Å². The van der Waals surface area contributed by atoms with E-state index in [1.807, 2.05) is 13.8 Å². The van der Waals surface area contributed by atoms with Gasteiger partial charge in [-0.25, -0.2) is 5.90 Å². The van der Waals surface area contributed by atoms with Crippen LogP contribution >= 0.6 is 0 Å². The molecule has 3 nitrogen and oxygen atoms in total. The van der Waals surface area contributed by atoms with Crippen molar-refractivity contribution in [1.82, 2.24) is 0 Å². The van der Waals surface area contributed by atoms with E-state index in [2.05, 4.69) is 34.6 Å². The molecule has 0 unspecified atom stereocenters. The van der Waals surface area contributed by atoms with Gasteiger partial charge < -0.3 is 4.74 Å². The maximum absolute atomic E-state index is 5.91. The second-order valence-electron chi connectivity index (χ2n) is 6.97. The highest BCUT2D eigenvalue weighted by Gasteiger charge is 2.27. The lowest BCUT2D eigenvalue weighted by molar-refractivity contribution is -0.0839. The smallest absolute Gasteiger partial charge is 0.0859 e. The summed E-state index contributed by atoms with van der Waals surface area (Å²) in [6.45, 7) is 15.6. The number of rotatable bonds is 6. The zero-order chi connectivity index (χ0) is 13.0. The summed E-state index contributed by atoms with van der Waals surface area (Å²) in [5.41, 5.74) is -0.121. The van der Waals surface area contributed by atoms with Gasteiger partial charge in [-0.05, 0) is 39.5 Å². The van der Waals surface area contributed by atoms with Gasteiger partial charge in [0, 0.05) is 6.42 Å². The summed E-state index contributed by atoms with van der Waals surface area (Å²) in [5, 5.41) is 0. The summed E-state index contributed by atoms with van der Waals surface area (Å²) in [6.07, 6.45) is 1.83. The highest BCUT2D eigenvalue weighted by molar-refractivity contribution is 4.77. The van der Waals surface area contributed by atoms with Crippen LogP contribution in [0, 0.1) is 5.41 Å². The van der Waals surface area contributed by atoms with Crippen LogP contribution in [0.5, 0.6) is 0 Å². The normalized spacial score (nSPS) is 14.2. The average molecular weight is 231 g/mol. The molecule has 0 radical (unpaired) electrons. The maximum Gasteiger partial charge on any atom is 0.0859 e. The number of ether oxygens (including phenoxy) is 1. The number of hydrogen-bond donors (Lipinski definition) is 1. The van der Waals surface area contributed by atoms with Crippen molar-refractivity contribution in [2.45, 2.75) is 72.5 Å². The summed E-state index contributed by atoms with van der Waals surface area (Å²) in [6, 6.07) is 0. The number of hydrogen-bond acceptors (Lipinski definition) is 3. The fourth-order valence-electron chi connectivity index (χ4n) is 1.96. The van der Waals surface area contributed by atoms with Gasteiger partial charge in [-0.1, -0.05) is 20.8 Å². The molecule has 0 amide bonds. The van der Waals surface area contributed by atoms with Gasteiger partial charge in [0.2, 0.25) is 0 Å². The molecule has 3 heteroatoms. The Labute approximate surface area is 101 Å². The van der Waals surface area contributed by atoms with E-state index in [0.717, 1.165) is 12.8 Å². The highest BCUT2D eigenvalue weighted by Crippen LogP contribution is 2.29. The summed E-state index contributed by atoms with van der Waals surface area (Å²) >= 11 is 0. The minimum atomic E-state index is -0.308. The predicted octanol–water partition coefficient (Wildman–Crippen LogP) is 3.28. The second-order valence-corrected chi connectivity index (χ2v) is 6.97. The van der Waals surface area contributed by atoms with Gasteiger partial charge >= 0.3 is 0 Å². The van der Waals surface area contributed by atoms with Crippen molar-refractivity contribution in [2.24, 2.45) is 11.3 Å². The van der Waals surface area contributed by atoms with Crippen molar-refractivity contribution in [3.63, 3.8) is 0 Å². The van der Waals surface area contributed by atoms with E-state index in [1.165, 1.54) is 0 Å². The Morgan fingerprint density at radius 2 is 1.38 bits per heavy atom. The summed E-state index contributed by atoms with van der Waals surface area (Å²) in [5.74, 6) is 5.20. The van der Waals surface area contributed by atoms with E-state index in [9.17, 15) is 0 Å². The second kappa shape index (κ2) is 5.48. The summed E-state index contributed by atoms with van der Waals surface area (Å²) in [7, 11) is 0. The maximum atomic E-state index is 5.91. The molecule has 16 heavy (non-hydrogen) atoms. The fraction of sp³-hybridized carbons (Fsp3) is 1.00. The molecule has 0 aromatic rings. The van der Waals surface area contributed by atoms with Crippen LogP contribution in [0.2, 0.25) is 0 Å². The van der Waals surface area contributed by atoms with Crippen molar-refractivity contribution >= 4 is 0 Å². The molecule has 0 aromatic carbocycles. The largest absolute Gasteiger partial charge is 0.375 e. The first-order valence-electron chi connectivity index (χ1n) is 5.99. The summed E-state index contributed by atoms with van der Waals surface area (Å²) < 4.78 is 5.91. The Morgan fingerprint density at radius 3 is 1.75 bits per heavy atom. The van der Waals surface area contributed by atoms with E-state index in [0.29, 0.717) is 6.61 Å². The van der Waals surface area contributed by atoms with Gasteiger partial charge in [-0.2, -0.15) is 0 Å². The molecule has 0 saturated heterocycles. The zero-order valence-corrected chi connectivity index (χ0v) is 12.0. The molecule has 0 fully saturated rings. The molecule has 0 aliphatic rings. The SMILES string of the molecule is CC(C)(C)CC(C)(C)OCCC(C)(C)ON. The molecule has 98 valence electrons. The Kier molecular flexibility index (Phi) is 5.44. The standard InChI is InChI=1S/C13H29NO2/c1-11(2,3)10-13(6,7)15-9-8-12(4,5)16-14/h8-10,14H2,1-7H3. The lowest BCUT2D eigenvalue weighted by atomic mass is 9.83. The van der Waals surface area contributed by atoms with E-state index in [4.69, 9.17) is 15.5 Å². The van der Waals surface area contributed by atoms with Crippen LogP contribution in [0.4, 0.5) is 0 Å². The predicted molar refractivity (Wildman–Crippen MR) is 68.1 cm³/mol. The molecular weight excluding hydrogens is 202 g/mol. The van der Waals surface area contributed by atoms with Crippen molar-refractivity contribution in [3.05, 3.63) is 0 Å². The van der Waals surface area contributed by atoms with Gasteiger partial charge in [-0.3, -0.25) is 4.84 Å². The van der Waals surface area contributed by atoms with Crippen LogP contribution in [0.1, 0.15) is 61.3 Å². The molecule has 0 saturated carbocycles. The minimum absolute atomic E-state index is 0.0943.